The fourth-order valence-electron chi connectivity index (χ4n) is 11.9. The third kappa shape index (κ3) is 30.2. The Bertz CT molecular complexity index is 3880. The number of hydrogen-bond donors (Lipinski definition) is 21. The number of aromatic nitrogens is 2. The molecule has 0 radical (unpaired) electrons. The van der Waals surface area contributed by atoms with Crippen LogP contribution >= 0.6 is 0 Å². The maximum Gasteiger partial charge on any atom is 0.326 e. The molecule has 0 saturated carbocycles. The molecule has 2 aromatic heterocycles. The van der Waals surface area contributed by atoms with Crippen LogP contribution in [0, 0.1) is 17.8 Å². The molecular weight excluding hydrogens is 1430 g/mol. The first kappa shape index (κ1) is 91.3. The number of para-hydroxylation sites is 2. The molecule has 110 heavy (non-hydrogen) atoms. The van der Waals surface area contributed by atoms with Crippen molar-refractivity contribution < 1.29 is 97.1 Å². The van der Waals surface area contributed by atoms with Crippen LogP contribution in [-0.4, -0.2) is 210 Å². The second-order valence-corrected chi connectivity index (χ2v) is 28.3. The molecule has 14 atom stereocenters. The van der Waals surface area contributed by atoms with Gasteiger partial charge in [-0.1, -0.05) is 84.4 Å². The Morgan fingerprint density at radius 1 is 0.409 bits per heavy atom. The number of nitrogens with one attached hydrogen (secondary N) is 13. The van der Waals surface area contributed by atoms with Gasteiger partial charge in [0.1, 0.15) is 66.5 Å². The molecule has 0 aliphatic carbocycles. The van der Waals surface area contributed by atoms with Gasteiger partial charge < -0.3 is 112 Å². The van der Waals surface area contributed by atoms with Crippen molar-refractivity contribution in [2.24, 2.45) is 40.7 Å². The van der Waals surface area contributed by atoms with E-state index in [1.54, 1.807) is 90.2 Å². The predicted molar refractivity (Wildman–Crippen MR) is 400 cm³/mol. The summed E-state index contributed by atoms with van der Waals surface area (Å²) in [6, 6.07) is -4.99. The highest BCUT2D eigenvalue weighted by molar-refractivity contribution is 6.00. The van der Waals surface area contributed by atoms with E-state index >= 15 is 0 Å². The fraction of sp³-hybridized carbons (Fsp3) is 0.562. The maximum atomic E-state index is 14.9. The Labute approximate surface area is 635 Å². The molecule has 37 nitrogen and oxygen atoms in total. The van der Waals surface area contributed by atoms with Crippen molar-refractivity contribution in [1.29, 1.82) is 0 Å². The molecule has 2 aromatic carbocycles. The summed E-state index contributed by atoms with van der Waals surface area (Å²) < 4.78 is 0. The maximum absolute atomic E-state index is 14.9. The van der Waals surface area contributed by atoms with E-state index in [-0.39, 0.29) is 56.9 Å². The minimum atomic E-state index is -1.90. The molecule has 0 aliphatic rings. The molecule has 0 bridgehead atoms. The highest BCUT2D eigenvalue weighted by Gasteiger charge is 2.39. The summed E-state index contributed by atoms with van der Waals surface area (Å²) >= 11 is 0. The van der Waals surface area contributed by atoms with Crippen molar-refractivity contribution in [3.05, 3.63) is 72.1 Å². The van der Waals surface area contributed by atoms with Gasteiger partial charge in [-0.3, -0.25) is 71.9 Å². The molecular formula is C73H109N17O20. The number of primary amides is 2. The van der Waals surface area contributed by atoms with Crippen molar-refractivity contribution in [2.45, 2.75) is 237 Å². The summed E-state index contributed by atoms with van der Waals surface area (Å²) in [6.07, 6.45) is -3.19. The quantitative estimate of drug-likeness (QED) is 0.0215. The number of carbonyl (C=O) groups excluding carboxylic acids is 13. The molecule has 37 heteroatoms. The van der Waals surface area contributed by atoms with Crippen LogP contribution in [0.3, 0.4) is 0 Å². The zero-order valence-corrected chi connectivity index (χ0v) is 63.2. The largest absolute Gasteiger partial charge is 0.481 e. The average molecular weight is 1540 g/mol. The highest BCUT2D eigenvalue weighted by Crippen LogP contribution is 2.22. The summed E-state index contributed by atoms with van der Waals surface area (Å²) in [7, 11) is 0. The number of carboxylic acid groups (broad SMARTS) is 3. The number of hydrogen-bond acceptors (Lipinski definition) is 19. The molecule has 0 unspecified atom stereocenters. The van der Waals surface area contributed by atoms with Crippen LogP contribution in [0.25, 0.3) is 21.8 Å². The lowest BCUT2D eigenvalue weighted by Crippen LogP contribution is -2.62. The van der Waals surface area contributed by atoms with Crippen LogP contribution in [0.1, 0.15) is 156 Å². The van der Waals surface area contributed by atoms with Gasteiger partial charge in [0.25, 0.3) is 0 Å². The molecule has 4 rings (SSSR count). The van der Waals surface area contributed by atoms with E-state index in [1.807, 2.05) is 6.07 Å². The number of aromatic amines is 2. The lowest BCUT2D eigenvalue weighted by molar-refractivity contribution is -0.143. The molecule has 13 amide bonds. The first-order chi connectivity index (χ1) is 51.8. The molecule has 0 aliphatic heterocycles. The summed E-state index contributed by atoms with van der Waals surface area (Å²) in [5.74, 6) is -18.5. The fourth-order valence-corrected chi connectivity index (χ4v) is 11.9. The number of carboxylic acids is 3. The molecule has 0 fully saturated rings. The van der Waals surface area contributed by atoms with E-state index in [1.165, 1.54) is 13.1 Å². The summed E-state index contributed by atoms with van der Waals surface area (Å²) in [4.78, 5) is 223. The normalized spacial score (nSPS) is 15.2. The topological polar surface area (TPSA) is 622 Å². The summed E-state index contributed by atoms with van der Waals surface area (Å²) in [5, 5.41) is 69.0. The first-order valence-corrected chi connectivity index (χ1v) is 36.6. The Morgan fingerprint density at radius 2 is 0.773 bits per heavy atom. The number of benzene rings is 2. The van der Waals surface area contributed by atoms with Crippen molar-refractivity contribution >= 4 is 117 Å². The number of aliphatic hydroxyl groups excluding tert-OH is 1. The van der Waals surface area contributed by atoms with Gasteiger partial charge in [-0.25, -0.2) is 4.79 Å². The smallest absolute Gasteiger partial charge is 0.326 e. The number of unbranched alkanes of at least 4 members (excludes halogenated alkanes) is 1. The minimum absolute atomic E-state index is 0.0157. The van der Waals surface area contributed by atoms with Gasteiger partial charge in [0.05, 0.1) is 12.1 Å². The third-order valence-electron chi connectivity index (χ3n) is 18.2. The SMILES string of the molecule is CC[C@H](C)[C@H](NC(=O)[C@H](CCCCN)NC(=O)[C@H](CCC(N)=O)NC(=O)[C@H](CCC(=O)O)NC(=O)[C@H](Cc1c[nH]c2ccccc12)NC(=O)[C@H](CCC(=O)O)NC(=O)[C@H](CCC(N)=O)NC(=O)[C@@H](N)Cc1c[nH]c2ccccc12)C(=O)N[C@H](C(=O)N[C@@H](C)C(=O)N[C@@H](CC(C)C)C(=O)N[C@@H](CC(C)C)C(=O)O)[C@@H](C)O. The summed E-state index contributed by atoms with van der Waals surface area (Å²) in [5.41, 5.74) is 25.5. The highest BCUT2D eigenvalue weighted by atomic mass is 16.4. The minimum Gasteiger partial charge on any atom is -0.481 e. The van der Waals surface area contributed by atoms with E-state index in [4.69, 9.17) is 22.9 Å². The van der Waals surface area contributed by atoms with Crippen LogP contribution < -0.4 is 81.4 Å². The van der Waals surface area contributed by atoms with Crippen LogP contribution in [-0.2, 0) is 89.6 Å². The van der Waals surface area contributed by atoms with Crippen molar-refractivity contribution in [3.63, 3.8) is 0 Å². The second-order valence-electron chi connectivity index (χ2n) is 28.3. The van der Waals surface area contributed by atoms with Crippen molar-refractivity contribution in [2.75, 3.05) is 6.54 Å². The van der Waals surface area contributed by atoms with Crippen LogP contribution in [0.5, 0.6) is 0 Å². The standard InChI is InChI=1S/C73H109N17O20/c1-9-38(6)60(71(107)90-61(40(8)91)72(108)80-39(7)62(98)86-53(30-36(2)3)69(105)88-55(73(109)110)31-37(4)5)89-68(104)48(20-14-15-29-74)82-65(101)50(22-26-57(77)93)83-66(102)51(23-27-58(94)95)85-70(106)54(33-42-35-79-47-19-13-11-17-44(42)47)87-67(103)52(24-28-59(96)97)84-64(100)49(21-25-56(76)92)81-63(99)45(75)32-41-34-78-46-18-12-10-16-43(41)46/h10-13,16-19,34-40,45,48-55,60-61,78-79,91H,9,14-15,20-33,74-75H2,1-8H3,(H2,76,92)(H2,77,93)(H,80,108)(H,81,99)(H,82,101)(H,83,102)(H,84,100)(H,85,106)(H,86,98)(H,87,103)(H,88,105)(H,89,104)(H,90,107)(H,94,95)(H,96,97)(H,109,110)/t38-,39-,40+,45-,48-,49-,50-,51-,52-,53-,54-,55-,60-,61-/m0/s1. The van der Waals surface area contributed by atoms with Gasteiger partial charge in [0.2, 0.25) is 76.8 Å². The average Bonchev–Trinajstić information content (AvgIpc) is 1.64. The molecule has 0 saturated heterocycles. The van der Waals surface area contributed by atoms with E-state index in [0.717, 1.165) is 17.8 Å². The number of rotatable bonds is 50. The number of H-pyrrole nitrogens is 2. The molecule has 606 valence electrons. The van der Waals surface area contributed by atoms with Gasteiger partial charge in [-0.05, 0) is 126 Å². The van der Waals surface area contributed by atoms with E-state index in [0.29, 0.717) is 28.5 Å². The number of carbonyl (C=O) groups is 16. The number of aliphatic carboxylic acids is 3. The molecule has 0 spiro atoms. The molecule has 4 aromatic rings. The summed E-state index contributed by atoms with van der Waals surface area (Å²) in [6.45, 7) is 12.8. The Hall–Kier alpha value is -11.1. The predicted octanol–water partition coefficient (Wildman–Crippen LogP) is -1.89. The van der Waals surface area contributed by atoms with Gasteiger partial charge in [0.15, 0.2) is 0 Å². The van der Waals surface area contributed by atoms with Gasteiger partial charge in [-0.2, -0.15) is 0 Å². The van der Waals surface area contributed by atoms with Crippen LogP contribution in [0.4, 0.5) is 0 Å². The first-order valence-electron chi connectivity index (χ1n) is 36.6. The lowest BCUT2D eigenvalue weighted by atomic mass is 9.96. The number of aliphatic hydroxyl groups is 1. The van der Waals surface area contributed by atoms with E-state index in [2.05, 4.69) is 68.5 Å². The zero-order chi connectivity index (χ0) is 82.2. The van der Waals surface area contributed by atoms with Crippen molar-refractivity contribution in [1.82, 2.24) is 68.5 Å². The Balaban J connectivity index is 1.63. The second kappa shape index (κ2) is 45.0. The van der Waals surface area contributed by atoms with Gasteiger partial charge in [0, 0.05) is 66.3 Å². The van der Waals surface area contributed by atoms with Gasteiger partial charge >= 0.3 is 17.9 Å². The number of fused-ring (bicyclic) bond motifs is 2. The van der Waals surface area contributed by atoms with Crippen LogP contribution in [0.15, 0.2) is 60.9 Å². The van der Waals surface area contributed by atoms with E-state index < -0.39 is 237 Å². The zero-order valence-electron chi connectivity index (χ0n) is 63.2. The third-order valence-corrected chi connectivity index (χ3v) is 18.2. The van der Waals surface area contributed by atoms with Crippen molar-refractivity contribution in [3.8, 4) is 0 Å². The van der Waals surface area contributed by atoms with Crippen LogP contribution in [0.2, 0.25) is 0 Å². The molecule has 2 heterocycles. The van der Waals surface area contributed by atoms with Gasteiger partial charge in [-0.15, -0.1) is 0 Å². The Morgan fingerprint density at radius 3 is 1.20 bits per heavy atom. The van der Waals surface area contributed by atoms with E-state index in [9.17, 15) is 97.1 Å². The lowest BCUT2D eigenvalue weighted by Gasteiger charge is -2.30. The molecule has 25 N–H and O–H groups in total. The number of amides is 13. The number of nitrogens with two attached hydrogens (primary N) is 4. The Kier molecular flexibility index (Phi) is 37.4. The monoisotopic (exact) mass is 1540 g/mol.